The second-order valence-electron chi connectivity index (χ2n) is 5.95. The number of hydrogen-bond donors (Lipinski definition) is 2. The van der Waals surface area contributed by atoms with Crippen LogP contribution >= 0.6 is 0 Å². The van der Waals surface area contributed by atoms with Crippen LogP contribution < -0.4 is 11.1 Å². The minimum absolute atomic E-state index is 0.508. The molecule has 1 saturated heterocycles. The van der Waals surface area contributed by atoms with E-state index in [9.17, 15) is 0 Å². The molecule has 0 saturated carbocycles. The molecule has 2 unspecified atom stereocenters. The molecule has 104 valence electrons. The lowest BCUT2D eigenvalue weighted by molar-refractivity contribution is 0.0544. The highest BCUT2D eigenvalue weighted by molar-refractivity contribution is 5.47. The van der Waals surface area contributed by atoms with Crippen LogP contribution in [0.4, 0.5) is 5.69 Å². The molecule has 1 aromatic carbocycles. The molecular formula is C16H24N2O. The summed E-state index contributed by atoms with van der Waals surface area (Å²) in [5.74, 6) is 0.756. The third-order valence-electron chi connectivity index (χ3n) is 4.68. The van der Waals surface area contributed by atoms with Crippen molar-refractivity contribution in [2.24, 2.45) is 5.92 Å². The van der Waals surface area contributed by atoms with Gasteiger partial charge in [-0.25, -0.2) is 0 Å². The number of aryl methyl sites for hydroxylation is 1. The molecule has 1 aliphatic heterocycles. The number of rotatable bonds is 3. The molecule has 3 rings (SSSR count). The van der Waals surface area contributed by atoms with Gasteiger partial charge in [-0.1, -0.05) is 6.07 Å². The van der Waals surface area contributed by atoms with E-state index in [-0.39, 0.29) is 0 Å². The molecule has 3 N–H and O–H groups in total. The van der Waals surface area contributed by atoms with E-state index in [0.717, 1.165) is 31.2 Å². The summed E-state index contributed by atoms with van der Waals surface area (Å²) in [5.41, 5.74) is 9.63. The number of benzene rings is 1. The number of fused-ring (bicyclic) bond motifs is 1. The summed E-state index contributed by atoms with van der Waals surface area (Å²) in [6.07, 6.45) is 4.73. The molecule has 0 bridgehead atoms. The van der Waals surface area contributed by atoms with E-state index in [2.05, 4.69) is 24.4 Å². The number of ether oxygens (including phenoxy) is 1. The van der Waals surface area contributed by atoms with Crippen molar-refractivity contribution in [3.8, 4) is 0 Å². The molecule has 19 heavy (non-hydrogen) atoms. The third-order valence-corrected chi connectivity index (χ3v) is 4.68. The largest absolute Gasteiger partial charge is 0.399 e. The van der Waals surface area contributed by atoms with Gasteiger partial charge in [-0.15, -0.1) is 0 Å². The van der Waals surface area contributed by atoms with Crippen molar-refractivity contribution < 1.29 is 4.74 Å². The molecule has 2 atom stereocenters. The fourth-order valence-corrected chi connectivity index (χ4v) is 3.48. The summed E-state index contributed by atoms with van der Waals surface area (Å²) >= 11 is 0. The Bertz CT molecular complexity index is 440. The lowest BCUT2D eigenvalue weighted by atomic mass is 9.92. The quantitative estimate of drug-likeness (QED) is 0.821. The maximum atomic E-state index is 5.86. The standard InChI is InChI=1S/C16H24N2O/c1-11(12-6-8-19-9-7-12)18-16-5-2-13-10-14(17)3-4-15(13)16/h3-4,10-12,16,18H,2,5-9,17H2,1H3. The monoisotopic (exact) mass is 260 g/mol. The van der Waals surface area contributed by atoms with Crippen molar-refractivity contribution >= 4 is 5.69 Å². The highest BCUT2D eigenvalue weighted by atomic mass is 16.5. The predicted octanol–water partition coefficient (Wildman–Crippen LogP) is 2.66. The van der Waals surface area contributed by atoms with Gasteiger partial charge in [-0.05, 0) is 61.8 Å². The van der Waals surface area contributed by atoms with Gasteiger partial charge >= 0.3 is 0 Å². The fourth-order valence-electron chi connectivity index (χ4n) is 3.48. The molecule has 1 aliphatic carbocycles. The number of nitrogens with one attached hydrogen (secondary N) is 1. The Labute approximate surface area is 115 Å². The minimum Gasteiger partial charge on any atom is -0.399 e. The number of hydrogen-bond acceptors (Lipinski definition) is 3. The van der Waals surface area contributed by atoms with Gasteiger partial charge < -0.3 is 15.8 Å². The van der Waals surface area contributed by atoms with Gasteiger partial charge in [-0.2, -0.15) is 0 Å². The van der Waals surface area contributed by atoms with E-state index in [0.29, 0.717) is 12.1 Å². The van der Waals surface area contributed by atoms with E-state index in [1.165, 1.54) is 30.4 Å². The van der Waals surface area contributed by atoms with Crippen LogP contribution in [0.25, 0.3) is 0 Å². The van der Waals surface area contributed by atoms with Gasteiger partial charge in [0.05, 0.1) is 0 Å². The molecule has 3 heteroatoms. The highest BCUT2D eigenvalue weighted by Crippen LogP contribution is 2.33. The van der Waals surface area contributed by atoms with Crippen LogP contribution in [0, 0.1) is 5.92 Å². The lowest BCUT2D eigenvalue weighted by Gasteiger charge is -2.31. The SMILES string of the molecule is CC(NC1CCc2cc(N)ccc21)C1CCOCC1. The summed E-state index contributed by atoms with van der Waals surface area (Å²) < 4.78 is 5.45. The maximum absolute atomic E-state index is 5.86. The van der Waals surface area contributed by atoms with Gasteiger partial charge in [-0.3, -0.25) is 0 Å². The normalized spacial score (nSPS) is 25.2. The first-order valence-electron chi connectivity index (χ1n) is 7.46. The van der Waals surface area contributed by atoms with Crippen LogP contribution in [0.1, 0.15) is 43.4 Å². The number of nitrogen functional groups attached to an aromatic ring is 1. The van der Waals surface area contributed by atoms with E-state index in [1.807, 2.05) is 6.07 Å². The van der Waals surface area contributed by atoms with Crippen molar-refractivity contribution in [1.29, 1.82) is 0 Å². The summed E-state index contributed by atoms with van der Waals surface area (Å²) in [5, 5.41) is 3.83. The number of anilines is 1. The Balaban J connectivity index is 1.65. The highest BCUT2D eigenvalue weighted by Gasteiger charge is 2.27. The summed E-state index contributed by atoms with van der Waals surface area (Å²) in [6.45, 7) is 4.17. The molecule has 1 aromatic rings. The zero-order valence-corrected chi connectivity index (χ0v) is 11.7. The van der Waals surface area contributed by atoms with Gasteiger partial charge in [0.15, 0.2) is 0 Å². The first-order valence-corrected chi connectivity index (χ1v) is 7.46. The molecule has 3 nitrogen and oxygen atoms in total. The lowest BCUT2D eigenvalue weighted by Crippen LogP contribution is -2.38. The van der Waals surface area contributed by atoms with E-state index < -0.39 is 0 Å². The Morgan fingerprint density at radius 2 is 2.05 bits per heavy atom. The van der Waals surface area contributed by atoms with Gasteiger partial charge in [0.2, 0.25) is 0 Å². The molecular weight excluding hydrogens is 236 g/mol. The van der Waals surface area contributed by atoms with Crippen molar-refractivity contribution in [2.45, 2.75) is 44.7 Å². The Hall–Kier alpha value is -1.06. The predicted molar refractivity (Wildman–Crippen MR) is 78.1 cm³/mol. The zero-order valence-electron chi connectivity index (χ0n) is 11.7. The van der Waals surface area contributed by atoms with Crippen LogP contribution in [-0.4, -0.2) is 19.3 Å². The third kappa shape index (κ3) is 2.77. The molecule has 0 radical (unpaired) electrons. The van der Waals surface area contributed by atoms with Crippen LogP contribution in [0.5, 0.6) is 0 Å². The van der Waals surface area contributed by atoms with E-state index in [1.54, 1.807) is 0 Å². The van der Waals surface area contributed by atoms with E-state index >= 15 is 0 Å². The van der Waals surface area contributed by atoms with Gasteiger partial charge in [0.25, 0.3) is 0 Å². The summed E-state index contributed by atoms with van der Waals surface area (Å²) in [7, 11) is 0. The van der Waals surface area contributed by atoms with Gasteiger partial charge in [0, 0.05) is 31.0 Å². The smallest absolute Gasteiger partial charge is 0.0469 e. The fraction of sp³-hybridized carbons (Fsp3) is 0.625. The number of nitrogens with two attached hydrogens (primary N) is 1. The van der Waals surface area contributed by atoms with Crippen molar-refractivity contribution in [3.63, 3.8) is 0 Å². The summed E-state index contributed by atoms with van der Waals surface area (Å²) in [6, 6.07) is 7.44. The Morgan fingerprint density at radius 1 is 1.26 bits per heavy atom. The van der Waals surface area contributed by atoms with E-state index in [4.69, 9.17) is 10.5 Å². The first kappa shape index (κ1) is 12.9. The molecule has 1 fully saturated rings. The van der Waals surface area contributed by atoms with Crippen LogP contribution in [0.15, 0.2) is 18.2 Å². The van der Waals surface area contributed by atoms with Crippen LogP contribution in [-0.2, 0) is 11.2 Å². The van der Waals surface area contributed by atoms with Crippen molar-refractivity contribution in [3.05, 3.63) is 29.3 Å². The summed E-state index contributed by atoms with van der Waals surface area (Å²) in [4.78, 5) is 0. The molecule has 0 amide bonds. The van der Waals surface area contributed by atoms with Crippen LogP contribution in [0.3, 0.4) is 0 Å². The van der Waals surface area contributed by atoms with Crippen molar-refractivity contribution in [2.75, 3.05) is 18.9 Å². The van der Waals surface area contributed by atoms with Crippen molar-refractivity contribution in [1.82, 2.24) is 5.32 Å². The zero-order chi connectivity index (χ0) is 13.2. The Morgan fingerprint density at radius 3 is 2.84 bits per heavy atom. The molecule has 0 aromatic heterocycles. The average Bonchev–Trinajstić information content (AvgIpc) is 2.82. The van der Waals surface area contributed by atoms with Gasteiger partial charge in [0.1, 0.15) is 0 Å². The second-order valence-corrected chi connectivity index (χ2v) is 5.95. The second kappa shape index (κ2) is 5.51. The first-order chi connectivity index (χ1) is 9.24. The molecule has 0 spiro atoms. The minimum atomic E-state index is 0.508. The van der Waals surface area contributed by atoms with Crippen LogP contribution in [0.2, 0.25) is 0 Å². The maximum Gasteiger partial charge on any atom is 0.0469 e. The topological polar surface area (TPSA) is 47.3 Å². The Kier molecular flexibility index (Phi) is 3.76. The average molecular weight is 260 g/mol. The molecule has 1 heterocycles. The molecule has 2 aliphatic rings.